The second kappa shape index (κ2) is 11.4. The van der Waals surface area contributed by atoms with Crippen LogP contribution in [0.25, 0.3) is 16.7 Å². The Kier molecular flexibility index (Phi) is 7.77. The summed E-state index contributed by atoms with van der Waals surface area (Å²) in [5.41, 5.74) is 13.1. The Balaban J connectivity index is 1.45. The van der Waals surface area contributed by atoms with Crippen LogP contribution in [0.3, 0.4) is 0 Å². The van der Waals surface area contributed by atoms with Gasteiger partial charge in [0.1, 0.15) is 17.4 Å². The minimum Gasteiger partial charge on any atom is -0.326 e. The number of pyridine rings is 1. The average molecular weight is 529 g/mol. The van der Waals surface area contributed by atoms with Crippen LogP contribution in [0.2, 0.25) is 5.02 Å². The number of nitrogens with two attached hydrogens (primary N) is 1. The largest absolute Gasteiger partial charge is 0.326 e. The number of hydrogen-bond donors (Lipinski definition) is 1. The number of carbonyl (C=O) groups excluding carboxylic acids is 1. The molecule has 0 unspecified atom stereocenters. The molecule has 0 bridgehead atoms. The first-order valence-electron chi connectivity index (χ1n) is 12.6. The number of fused-ring (bicyclic) bond motifs is 1. The Morgan fingerprint density at radius 3 is 2.45 bits per heavy atom. The Bertz CT molecular complexity index is 1490. The van der Waals surface area contributed by atoms with Crippen LogP contribution in [-0.4, -0.2) is 10.8 Å². The molecule has 1 aliphatic carbocycles. The second-order valence-electron chi connectivity index (χ2n) is 9.67. The zero-order valence-corrected chi connectivity index (χ0v) is 21.5. The van der Waals surface area contributed by atoms with Crippen LogP contribution in [-0.2, 0) is 24.2 Å². The SMILES string of the molecule is NCc1ccc2c(c1)CC=C2CC(=O)C[C@@H](Cc1cc(F)cc(F)c1)c1ncccc1-c1ccc(Cl)cc1. The van der Waals surface area contributed by atoms with Crippen molar-refractivity contribution in [2.45, 2.75) is 38.1 Å². The predicted molar refractivity (Wildman–Crippen MR) is 148 cm³/mol. The van der Waals surface area contributed by atoms with E-state index >= 15 is 0 Å². The van der Waals surface area contributed by atoms with E-state index in [0.29, 0.717) is 22.8 Å². The van der Waals surface area contributed by atoms with Gasteiger partial charge in [0.2, 0.25) is 0 Å². The van der Waals surface area contributed by atoms with Crippen LogP contribution in [0, 0.1) is 11.6 Å². The van der Waals surface area contributed by atoms with Gasteiger partial charge >= 0.3 is 0 Å². The predicted octanol–water partition coefficient (Wildman–Crippen LogP) is 7.45. The average Bonchev–Trinajstić information content (AvgIpc) is 3.29. The number of carbonyl (C=O) groups is 1. The Morgan fingerprint density at radius 2 is 1.71 bits per heavy atom. The fourth-order valence-corrected chi connectivity index (χ4v) is 5.35. The molecule has 38 heavy (non-hydrogen) atoms. The van der Waals surface area contributed by atoms with Crippen molar-refractivity contribution < 1.29 is 13.6 Å². The maximum atomic E-state index is 14.0. The van der Waals surface area contributed by atoms with Gasteiger partial charge in [-0.15, -0.1) is 0 Å². The van der Waals surface area contributed by atoms with E-state index < -0.39 is 11.6 Å². The fourth-order valence-electron chi connectivity index (χ4n) is 5.22. The quantitative estimate of drug-likeness (QED) is 0.245. The van der Waals surface area contributed by atoms with Crippen molar-refractivity contribution in [3.05, 3.63) is 130 Å². The zero-order valence-electron chi connectivity index (χ0n) is 20.8. The van der Waals surface area contributed by atoms with Crippen LogP contribution >= 0.6 is 11.6 Å². The monoisotopic (exact) mass is 528 g/mol. The highest BCUT2D eigenvalue weighted by atomic mass is 35.5. The first kappa shape index (κ1) is 26.0. The maximum absolute atomic E-state index is 14.0. The molecule has 6 heteroatoms. The molecular formula is C32H27ClF2N2O. The Morgan fingerprint density at radius 1 is 0.947 bits per heavy atom. The van der Waals surface area contributed by atoms with Gasteiger partial charge in [-0.05, 0) is 76.6 Å². The summed E-state index contributed by atoms with van der Waals surface area (Å²) in [6, 6.07) is 20.8. The van der Waals surface area contributed by atoms with Gasteiger partial charge in [-0.2, -0.15) is 0 Å². The van der Waals surface area contributed by atoms with Crippen molar-refractivity contribution in [1.82, 2.24) is 4.98 Å². The molecule has 0 radical (unpaired) electrons. The first-order valence-corrected chi connectivity index (χ1v) is 13.0. The van der Waals surface area contributed by atoms with E-state index in [1.54, 1.807) is 18.3 Å². The van der Waals surface area contributed by atoms with Gasteiger partial charge in [0, 0.05) is 48.2 Å². The number of hydrogen-bond acceptors (Lipinski definition) is 3. The standard InChI is InChI=1S/C32H27ClF2N2O/c33-26-8-6-22(7-9-26)31-2-1-11-37-32(31)25(13-21-14-27(34)18-28(35)15-21)17-29(38)16-24-5-4-23-12-20(19-36)3-10-30(23)24/h1-3,5-12,14-15,18,25H,4,13,16-17,19,36H2/t25-/m1/s1. The molecule has 1 aliphatic rings. The normalized spacial score (nSPS) is 13.2. The van der Waals surface area contributed by atoms with Gasteiger partial charge in [0.05, 0.1) is 5.69 Å². The summed E-state index contributed by atoms with van der Waals surface area (Å²) in [7, 11) is 0. The van der Waals surface area contributed by atoms with Gasteiger partial charge in [-0.1, -0.05) is 54.1 Å². The second-order valence-corrected chi connectivity index (χ2v) is 10.1. The van der Waals surface area contributed by atoms with E-state index in [2.05, 4.69) is 17.1 Å². The highest BCUT2D eigenvalue weighted by Crippen LogP contribution is 2.35. The van der Waals surface area contributed by atoms with E-state index in [4.69, 9.17) is 17.3 Å². The molecule has 2 N–H and O–H groups in total. The topological polar surface area (TPSA) is 56.0 Å². The molecule has 0 saturated heterocycles. The maximum Gasteiger partial charge on any atom is 0.137 e. The molecule has 0 amide bonds. The van der Waals surface area contributed by atoms with E-state index in [1.165, 1.54) is 17.7 Å². The third-order valence-corrected chi connectivity index (χ3v) is 7.22. The summed E-state index contributed by atoms with van der Waals surface area (Å²) in [6.45, 7) is 0.476. The molecule has 1 heterocycles. The van der Waals surface area contributed by atoms with E-state index in [9.17, 15) is 13.6 Å². The van der Waals surface area contributed by atoms with Crippen LogP contribution in [0.5, 0.6) is 0 Å². The molecule has 1 atom stereocenters. The molecule has 5 rings (SSSR count). The molecule has 0 saturated carbocycles. The number of allylic oxidation sites excluding steroid dienone is 2. The summed E-state index contributed by atoms with van der Waals surface area (Å²) in [5, 5.41) is 0.616. The third-order valence-electron chi connectivity index (χ3n) is 6.97. The minimum atomic E-state index is -0.645. The van der Waals surface area contributed by atoms with Crippen molar-refractivity contribution in [3.8, 4) is 11.1 Å². The van der Waals surface area contributed by atoms with Gasteiger partial charge in [-0.3, -0.25) is 9.78 Å². The van der Waals surface area contributed by atoms with Crippen LogP contribution in [0.4, 0.5) is 8.78 Å². The van der Waals surface area contributed by atoms with Crippen LogP contribution in [0.1, 0.15) is 46.7 Å². The third kappa shape index (κ3) is 5.90. The number of nitrogens with zero attached hydrogens (tertiary/aromatic N) is 1. The number of benzene rings is 3. The Hall–Kier alpha value is -3.67. The van der Waals surface area contributed by atoms with Gasteiger partial charge in [-0.25, -0.2) is 8.78 Å². The number of Topliss-reactive ketones (excluding diaryl/α,β-unsaturated/α-hetero) is 1. The number of halogens is 3. The lowest BCUT2D eigenvalue weighted by molar-refractivity contribution is -0.118. The van der Waals surface area contributed by atoms with E-state index in [-0.39, 0.29) is 31.0 Å². The zero-order chi connectivity index (χ0) is 26.6. The summed E-state index contributed by atoms with van der Waals surface area (Å²) in [5.74, 6) is -1.62. The summed E-state index contributed by atoms with van der Waals surface area (Å²) in [4.78, 5) is 18.1. The highest BCUT2D eigenvalue weighted by Gasteiger charge is 2.24. The lowest BCUT2D eigenvalue weighted by atomic mass is 9.85. The van der Waals surface area contributed by atoms with Crippen molar-refractivity contribution in [2.24, 2.45) is 5.73 Å². The molecule has 0 spiro atoms. The Labute approximate surface area is 226 Å². The molecule has 0 fully saturated rings. The van der Waals surface area contributed by atoms with E-state index in [0.717, 1.165) is 40.3 Å². The molecule has 3 aromatic carbocycles. The molecule has 192 valence electrons. The number of rotatable bonds is 9. The van der Waals surface area contributed by atoms with Crippen molar-refractivity contribution in [2.75, 3.05) is 0 Å². The molecule has 0 aliphatic heterocycles. The summed E-state index contributed by atoms with van der Waals surface area (Å²) < 4.78 is 28.1. The van der Waals surface area contributed by atoms with Crippen molar-refractivity contribution in [1.29, 1.82) is 0 Å². The molecule has 3 nitrogen and oxygen atoms in total. The molecule has 4 aromatic rings. The lowest BCUT2D eigenvalue weighted by Crippen LogP contribution is -2.13. The van der Waals surface area contributed by atoms with Crippen LogP contribution in [0.15, 0.2) is 85.1 Å². The van der Waals surface area contributed by atoms with Crippen molar-refractivity contribution in [3.63, 3.8) is 0 Å². The lowest BCUT2D eigenvalue weighted by Gasteiger charge is -2.20. The smallest absolute Gasteiger partial charge is 0.137 e. The van der Waals surface area contributed by atoms with Gasteiger partial charge in [0.25, 0.3) is 0 Å². The van der Waals surface area contributed by atoms with Gasteiger partial charge < -0.3 is 5.73 Å². The van der Waals surface area contributed by atoms with E-state index in [1.807, 2.05) is 36.4 Å². The highest BCUT2D eigenvalue weighted by molar-refractivity contribution is 6.30. The first-order chi connectivity index (χ1) is 18.4. The van der Waals surface area contributed by atoms with Crippen molar-refractivity contribution >= 4 is 23.0 Å². The minimum absolute atomic E-state index is 0.0431. The van der Waals surface area contributed by atoms with Gasteiger partial charge in [0.15, 0.2) is 0 Å². The summed E-state index contributed by atoms with van der Waals surface area (Å²) in [6.07, 6.45) is 5.30. The molecular weight excluding hydrogens is 502 g/mol. The summed E-state index contributed by atoms with van der Waals surface area (Å²) >= 11 is 6.10. The van der Waals surface area contributed by atoms with Crippen LogP contribution < -0.4 is 5.73 Å². The number of ketones is 1. The number of aromatic nitrogens is 1. The molecule has 1 aromatic heterocycles. The fraction of sp³-hybridized carbons (Fsp3) is 0.188.